The molecule has 0 aromatic heterocycles. The van der Waals surface area contributed by atoms with Gasteiger partial charge in [0.15, 0.2) is 0 Å². The first-order chi connectivity index (χ1) is 9.08. The van der Waals surface area contributed by atoms with Gasteiger partial charge in [-0.25, -0.2) is 4.79 Å². The highest BCUT2D eigenvalue weighted by atomic mass is 35.5. The van der Waals surface area contributed by atoms with Gasteiger partial charge in [-0.15, -0.1) is 0 Å². The zero-order chi connectivity index (χ0) is 13.9. The minimum atomic E-state index is -1.04. The summed E-state index contributed by atoms with van der Waals surface area (Å²) in [4.78, 5) is 11.2. The van der Waals surface area contributed by atoms with Crippen molar-refractivity contribution in [1.82, 2.24) is 0 Å². The molecule has 19 heavy (non-hydrogen) atoms. The number of aromatic carboxylic acids is 1. The summed E-state index contributed by atoms with van der Waals surface area (Å²) in [6.45, 7) is 0.701. The SMILES string of the molecule is O=C(O)c1c(Cl)cccc1NCC1(CO)CCCC1. The fourth-order valence-electron chi connectivity index (χ4n) is 2.69. The monoisotopic (exact) mass is 283 g/mol. The number of nitrogens with one attached hydrogen (secondary N) is 1. The van der Waals surface area contributed by atoms with E-state index in [-0.39, 0.29) is 22.6 Å². The van der Waals surface area contributed by atoms with Crippen molar-refractivity contribution in [2.24, 2.45) is 5.41 Å². The Morgan fingerprint density at radius 1 is 1.37 bits per heavy atom. The summed E-state index contributed by atoms with van der Waals surface area (Å²) in [6, 6.07) is 4.99. The standard InChI is InChI=1S/C14H18ClNO3/c15-10-4-3-5-11(12(10)13(18)19)16-8-14(9-17)6-1-2-7-14/h3-5,16-17H,1-2,6-9H2,(H,18,19). The lowest BCUT2D eigenvalue weighted by Crippen LogP contribution is -2.31. The molecule has 2 rings (SSSR count). The van der Waals surface area contributed by atoms with Crippen molar-refractivity contribution in [2.45, 2.75) is 25.7 Å². The van der Waals surface area contributed by atoms with E-state index in [4.69, 9.17) is 11.6 Å². The van der Waals surface area contributed by atoms with Crippen molar-refractivity contribution in [1.29, 1.82) is 0 Å². The summed E-state index contributed by atoms with van der Waals surface area (Å²) in [5.41, 5.74) is 0.480. The maximum atomic E-state index is 11.2. The number of carboxylic acids is 1. The van der Waals surface area contributed by atoms with Gasteiger partial charge in [-0.1, -0.05) is 30.5 Å². The van der Waals surface area contributed by atoms with Crippen molar-refractivity contribution in [2.75, 3.05) is 18.5 Å². The van der Waals surface area contributed by atoms with Crippen molar-refractivity contribution in [3.05, 3.63) is 28.8 Å². The zero-order valence-electron chi connectivity index (χ0n) is 10.7. The molecule has 0 atom stereocenters. The molecule has 0 spiro atoms. The van der Waals surface area contributed by atoms with E-state index in [2.05, 4.69) is 5.32 Å². The molecule has 1 aromatic carbocycles. The molecule has 1 fully saturated rings. The van der Waals surface area contributed by atoms with Gasteiger partial charge < -0.3 is 15.5 Å². The predicted molar refractivity (Wildman–Crippen MR) is 74.9 cm³/mol. The number of aliphatic hydroxyl groups is 1. The van der Waals surface area contributed by atoms with Crippen molar-refractivity contribution < 1.29 is 15.0 Å². The van der Waals surface area contributed by atoms with E-state index in [0.29, 0.717) is 12.2 Å². The number of halogens is 1. The summed E-state index contributed by atoms with van der Waals surface area (Å²) in [5.74, 6) is -1.04. The van der Waals surface area contributed by atoms with E-state index in [9.17, 15) is 15.0 Å². The second-order valence-corrected chi connectivity index (χ2v) is 5.59. The average Bonchev–Trinajstić information content (AvgIpc) is 2.85. The van der Waals surface area contributed by atoms with Crippen LogP contribution in [0.2, 0.25) is 5.02 Å². The fourth-order valence-corrected chi connectivity index (χ4v) is 2.94. The minimum Gasteiger partial charge on any atom is -0.478 e. The predicted octanol–water partition coefficient (Wildman–Crippen LogP) is 3.00. The third kappa shape index (κ3) is 3.01. The Labute approximate surface area is 117 Å². The molecule has 0 heterocycles. The first kappa shape index (κ1) is 14.2. The molecule has 5 heteroatoms. The Kier molecular flexibility index (Phi) is 4.32. The van der Waals surface area contributed by atoms with Gasteiger partial charge >= 0.3 is 5.97 Å². The number of hydrogen-bond acceptors (Lipinski definition) is 3. The molecule has 0 aliphatic heterocycles. The molecule has 1 aliphatic carbocycles. The molecule has 1 aromatic rings. The van der Waals surface area contributed by atoms with Gasteiger partial charge in [0.25, 0.3) is 0 Å². The molecular weight excluding hydrogens is 266 g/mol. The van der Waals surface area contributed by atoms with Gasteiger partial charge in [0.1, 0.15) is 5.56 Å². The Hall–Kier alpha value is -1.26. The van der Waals surface area contributed by atoms with Gasteiger partial charge in [-0.05, 0) is 25.0 Å². The number of carboxylic acid groups (broad SMARTS) is 1. The number of rotatable bonds is 5. The summed E-state index contributed by atoms with van der Waals surface area (Å²) in [6.07, 6.45) is 4.17. The Balaban J connectivity index is 2.15. The number of benzene rings is 1. The van der Waals surface area contributed by atoms with Crippen LogP contribution in [0.5, 0.6) is 0 Å². The van der Waals surface area contributed by atoms with E-state index < -0.39 is 5.97 Å². The van der Waals surface area contributed by atoms with Crippen molar-refractivity contribution >= 4 is 23.3 Å². The first-order valence-corrected chi connectivity index (χ1v) is 6.82. The van der Waals surface area contributed by atoms with Crippen LogP contribution >= 0.6 is 11.6 Å². The molecule has 0 radical (unpaired) electrons. The molecule has 0 bridgehead atoms. The van der Waals surface area contributed by atoms with E-state index in [0.717, 1.165) is 25.7 Å². The van der Waals surface area contributed by atoms with E-state index >= 15 is 0 Å². The van der Waals surface area contributed by atoms with Gasteiger partial charge in [0.05, 0.1) is 17.3 Å². The Bertz CT molecular complexity index is 470. The van der Waals surface area contributed by atoms with Crippen molar-refractivity contribution in [3.8, 4) is 0 Å². The zero-order valence-corrected chi connectivity index (χ0v) is 11.4. The highest BCUT2D eigenvalue weighted by Gasteiger charge is 2.33. The first-order valence-electron chi connectivity index (χ1n) is 6.44. The van der Waals surface area contributed by atoms with Crippen LogP contribution in [-0.2, 0) is 0 Å². The summed E-state index contributed by atoms with van der Waals surface area (Å²) in [5, 5.41) is 22.1. The molecular formula is C14H18ClNO3. The third-order valence-corrected chi connectivity index (χ3v) is 4.20. The highest BCUT2D eigenvalue weighted by molar-refractivity contribution is 6.34. The third-order valence-electron chi connectivity index (χ3n) is 3.88. The van der Waals surface area contributed by atoms with Crippen LogP contribution in [0.1, 0.15) is 36.0 Å². The van der Waals surface area contributed by atoms with Crippen LogP contribution in [0, 0.1) is 5.41 Å². The molecule has 0 unspecified atom stereocenters. The second kappa shape index (κ2) is 5.80. The van der Waals surface area contributed by atoms with Crippen LogP contribution < -0.4 is 5.32 Å². The molecule has 3 N–H and O–H groups in total. The van der Waals surface area contributed by atoms with Gasteiger partial charge in [-0.2, -0.15) is 0 Å². The van der Waals surface area contributed by atoms with Crippen LogP contribution in [-0.4, -0.2) is 29.3 Å². The van der Waals surface area contributed by atoms with E-state index in [1.54, 1.807) is 18.2 Å². The summed E-state index contributed by atoms with van der Waals surface area (Å²) < 4.78 is 0. The molecule has 4 nitrogen and oxygen atoms in total. The van der Waals surface area contributed by atoms with Crippen LogP contribution in [0.15, 0.2) is 18.2 Å². The lowest BCUT2D eigenvalue weighted by Gasteiger charge is -2.27. The molecule has 0 amide bonds. The van der Waals surface area contributed by atoms with Crippen molar-refractivity contribution in [3.63, 3.8) is 0 Å². The number of hydrogen-bond donors (Lipinski definition) is 3. The number of aliphatic hydroxyl groups excluding tert-OH is 1. The highest BCUT2D eigenvalue weighted by Crippen LogP contribution is 2.38. The number of anilines is 1. The minimum absolute atomic E-state index is 0.0928. The van der Waals surface area contributed by atoms with Gasteiger partial charge in [0.2, 0.25) is 0 Å². The Morgan fingerprint density at radius 3 is 2.63 bits per heavy atom. The number of carbonyl (C=O) groups is 1. The lowest BCUT2D eigenvalue weighted by molar-refractivity contribution is 0.0698. The second-order valence-electron chi connectivity index (χ2n) is 5.19. The van der Waals surface area contributed by atoms with E-state index in [1.165, 1.54) is 0 Å². The normalized spacial score (nSPS) is 17.4. The smallest absolute Gasteiger partial charge is 0.339 e. The quantitative estimate of drug-likeness (QED) is 0.777. The molecule has 1 saturated carbocycles. The van der Waals surface area contributed by atoms with Crippen LogP contribution in [0.3, 0.4) is 0 Å². The van der Waals surface area contributed by atoms with Crippen LogP contribution in [0.4, 0.5) is 5.69 Å². The molecule has 0 saturated heterocycles. The van der Waals surface area contributed by atoms with E-state index in [1.807, 2.05) is 0 Å². The van der Waals surface area contributed by atoms with Crippen LogP contribution in [0.25, 0.3) is 0 Å². The maximum Gasteiger partial charge on any atom is 0.339 e. The lowest BCUT2D eigenvalue weighted by atomic mass is 9.87. The summed E-state index contributed by atoms with van der Waals surface area (Å²) >= 11 is 5.92. The summed E-state index contributed by atoms with van der Waals surface area (Å²) in [7, 11) is 0. The maximum absolute atomic E-state index is 11.2. The van der Waals surface area contributed by atoms with Gasteiger partial charge in [0, 0.05) is 12.0 Å². The van der Waals surface area contributed by atoms with Gasteiger partial charge in [-0.3, -0.25) is 0 Å². The Morgan fingerprint density at radius 2 is 2.05 bits per heavy atom. The largest absolute Gasteiger partial charge is 0.478 e. The molecule has 1 aliphatic rings. The topological polar surface area (TPSA) is 69.6 Å². The fraction of sp³-hybridized carbons (Fsp3) is 0.500. The molecule has 104 valence electrons. The average molecular weight is 284 g/mol.